The summed E-state index contributed by atoms with van der Waals surface area (Å²) < 4.78 is 18.7. The highest BCUT2D eigenvalue weighted by atomic mass is 19.1. The number of carbonyl (C=O) groups excluding carboxylic acids is 2. The highest BCUT2D eigenvalue weighted by molar-refractivity contribution is 5.89. The standard InChI is InChI=1S/C19H20FN3O3/c20-16-5-1-2-6-17(16)26-9-8-22-19(25)15-10-18(24)23(13-15)12-14-4-3-7-21-11-14/h1-7,11,15H,8-10,12-13H2,(H,22,25). The van der Waals surface area contributed by atoms with E-state index < -0.39 is 5.82 Å². The zero-order chi connectivity index (χ0) is 18.4. The molecule has 0 saturated carbocycles. The quantitative estimate of drug-likeness (QED) is 0.767. The first kappa shape index (κ1) is 17.8. The number of para-hydroxylation sites is 1. The lowest BCUT2D eigenvalue weighted by Gasteiger charge is -2.16. The first-order chi connectivity index (χ1) is 12.6. The third-order valence-electron chi connectivity index (χ3n) is 4.18. The van der Waals surface area contributed by atoms with E-state index in [9.17, 15) is 14.0 Å². The summed E-state index contributed by atoms with van der Waals surface area (Å²) >= 11 is 0. The average molecular weight is 357 g/mol. The molecule has 1 aliphatic rings. The van der Waals surface area contributed by atoms with Crippen molar-refractivity contribution < 1.29 is 18.7 Å². The fourth-order valence-corrected chi connectivity index (χ4v) is 2.85. The molecule has 1 saturated heterocycles. The molecule has 26 heavy (non-hydrogen) atoms. The average Bonchev–Trinajstić information content (AvgIpc) is 3.01. The summed E-state index contributed by atoms with van der Waals surface area (Å²) in [4.78, 5) is 30.0. The Bertz CT molecular complexity index is 770. The molecule has 2 heterocycles. The SMILES string of the molecule is O=C(NCCOc1ccccc1F)C1CC(=O)N(Cc2cccnc2)C1. The smallest absolute Gasteiger partial charge is 0.225 e. The maximum Gasteiger partial charge on any atom is 0.225 e. The van der Waals surface area contributed by atoms with Crippen molar-refractivity contribution in [2.24, 2.45) is 5.92 Å². The van der Waals surface area contributed by atoms with Gasteiger partial charge in [-0.2, -0.15) is 0 Å². The van der Waals surface area contributed by atoms with Gasteiger partial charge in [-0.05, 0) is 23.8 Å². The summed E-state index contributed by atoms with van der Waals surface area (Å²) in [6, 6.07) is 9.82. The number of likely N-dealkylation sites (tertiary alicyclic amines) is 1. The molecule has 1 unspecified atom stereocenters. The zero-order valence-corrected chi connectivity index (χ0v) is 14.2. The molecule has 6 nitrogen and oxygen atoms in total. The molecule has 1 aliphatic heterocycles. The van der Waals surface area contributed by atoms with Crippen LogP contribution >= 0.6 is 0 Å². The van der Waals surface area contributed by atoms with Crippen LogP contribution in [0.2, 0.25) is 0 Å². The number of halogens is 1. The Hall–Kier alpha value is -2.96. The molecule has 1 aromatic heterocycles. The maximum absolute atomic E-state index is 13.4. The van der Waals surface area contributed by atoms with Crippen LogP contribution in [0.25, 0.3) is 0 Å². The van der Waals surface area contributed by atoms with Gasteiger partial charge >= 0.3 is 0 Å². The van der Waals surface area contributed by atoms with Crippen LogP contribution in [0.1, 0.15) is 12.0 Å². The van der Waals surface area contributed by atoms with Crippen LogP contribution in [0.5, 0.6) is 5.75 Å². The van der Waals surface area contributed by atoms with Gasteiger partial charge in [-0.15, -0.1) is 0 Å². The lowest BCUT2D eigenvalue weighted by atomic mass is 10.1. The van der Waals surface area contributed by atoms with Gasteiger partial charge in [0.2, 0.25) is 11.8 Å². The fourth-order valence-electron chi connectivity index (χ4n) is 2.85. The zero-order valence-electron chi connectivity index (χ0n) is 14.2. The molecule has 7 heteroatoms. The van der Waals surface area contributed by atoms with Crippen molar-refractivity contribution in [3.63, 3.8) is 0 Å². The van der Waals surface area contributed by atoms with E-state index in [2.05, 4.69) is 10.3 Å². The molecule has 0 spiro atoms. The molecule has 0 radical (unpaired) electrons. The Morgan fingerprint density at radius 3 is 2.92 bits per heavy atom. The molecular formula is C19H20FN3O3. The fraction of sp³-hybridized carbons (Fsp3) is 0.316. The van der Waals surface area contributed by atoms with Gasteiger partial charge in [0.15, 0.2) is 11.6 Å². The Morgan fingerprint density at radius 2 is 2.15 bits per heavy atom. The van der Waals surface area contributed by atoms with Crippen molar-refractivity contribution in [1.82, 2.24) is 15.2 Å². The monoisotopic (exact) mass is 357 g/mol. The first-order valence-corrected chi connectivity index (χ1v) is 8.45. The van der Waals surface area contributed by atoms with Crippen LogP contribution in [0.15, 0.2) is 48.8 Å². The van der Waals surface area contributed by atoms with Gasteiger partial charge in [-0.1, -0.05) is 18.2 Å². The minimum atomic E-state index is -0.439. The minimum absolute atomic E-state index is 0.0448. The first-order valence-electron chi connectivity index (χ1n) is 8.45. The molecule has 136 valence electrons. The number of amides is 2. The van der Waals surface area contributed by atoms with E-state index in [0.717, 1.165) is 5.56 Å². The number of ether oxygens (including phenoxy) is 1. The van der Waals surface area contributed by atoms with Gasteiger partial charge < -0.3 is 15.0 Å². The second-order valence-corrected chi connectivity index (χ2v) is 6.11. The molecular weight excluding hydrogens is 337 g/mol. The van der Waals surface area contributed by atoms with Crippen LogP contribution in [0.4, 0.5) is 4.39 Å². The van der Waals surface area contributed by atoms with Crippen molar-refractivity contribution in [2.75, 3.05) is 19.7 Å². The number of pyridine rings is 1. The Balaban J connectivity index is 1.42. The van der Waals surface area contributed by atoms with Gasteiger partial charge in [0, 0.05) is 31.9 Å². The number of nitrogens with zero attached hydrogens (tertiary/aromatic N) is 2. The number of carbonyl (C=O) groups is 2. The second-order valence-electron chi connectivity index (χ2n) is 6.11. The van der Waals surface area contributed by atoms with E-state index in [1.54, 1.807) is 29.4 Å². The predicted octanol–water partition coefficient (Wildman–Crippen LogP) is 1.76. The van der Waals surface area contributed by atoms with Gasteiger partial charge in [-0.25, -0.2) is 4.39 Å². The summed E-state index contributed by atoms with van der Waals surface area (Å²) in [5.74, 6) is -0.903. The number of nitrogens with one attached hydrogen (secondary N) is 1. The van der Waals surface area contributed by atoms with Crippen LogP contribution in [-0.4, -0.2) is 41.4 Å². The van der Waals surface area contributed by atoms with E-state index in [-0.39, 0.29) is 43.1 Å². The van der Waals surface area contributed by atoms with Gasteiger partial charge in [0.25, 0.3) is 0 Å². The Kier molecular flexibility index (Phi) is 5.78. The van der Waals surface area contributed by atoms with Crippen molar-refractivity contribution in [1.29, 1.82) is 0 Å². The molecule has 0 aliphatic carbocycles. The molecule has 1 N–H and O–H groups in total. The summed E-state index contributed by atoms with van der Waals surface area (Å²) in [6.07, 6.45) is 3.58. The minimum Gasteiger partial charge on any atom is -0.489 e. The van der Waals surface area contributed by atoms with E-state index in [1.807, 2.05) is 12.1 Å². The van der Waals surface area contributed by atoms with Crippen LogP contribution in [0.3, 0.4) is 0 Å². The van der Waals surface area contributed by atoms with Gasteiger partial charge in [0.05, 0.1) is 12.5 Å². The molecule has 1 aromatic carbocycles. The Morgan fingerprint density at radius 1 is 1.31 bits per heavy atom. The van der Waals surface area contributed by atoms with Gasteiger partial charge in [-0.3, -0.25) is 14.6 Å². The highest BCUT2D eigenvalue weighted by Crippen LogP contribution is 2.20. The molecule has 3 rings (SSSR count). The Labute approximate surface area is 151 Å². The van der Waals surface area contributed by atoms with Crippen LogP contribution in [-0.2, 0) is 16.1 Å². The molecule has 0 bridgehead atoms. The van der Waals surface area contributed by atoms with E-state index in [0.29, 0.717) is 13.1 Å². The number of rotatable bonds is 7. The number of benzene rings is 1. The van der Waals surface area contributed by atoms with E-state index in [4.69, 9.17) is 4.74 Å². The highest BCUT2D eigenvalue weighted by Gasteiger charge is 2.34. The summed E-state index contributed by atoms with van der Waals surface area (Å²) in [5, 5.41) is 2.74. The molecule has 2 aromatic rings. The molecule has 1 fully saturated rings. The van der Waals surface area contributed by atoms with Gasteiger partial charge in [0.1, 0.15) is 6.61 Å². The topological polar surface area (TPSA) is 71.5 Å². The van der Waals surface area contributed by atoms with Crippen molar-refractivity contribution in [3.05, 3.63) is 60.2 Å². The van der Waals surface area contributed by atoms with Crippen LogP contribution < -0.4 is 10.1 Å². The largest absolute Gasteiger partial charge is 0.489 e. The predicted molar refractivity (Wildman–Crippen MR) is 92.7 cm³/mol. The summed E-state index contributed by atoms with van der Waals surface area (Å²) in [5.41, 5.74) is 0.931. The number of hydrogen-bond donors (Lipinski definition) is 1. The number of hydrogen-bond acceptors (Lipinski definition) is 4. The van der Waals surface area contributed by atoms with Crippen molar-refractivity contribution in [2.45, 2.75) is 13.0 Å². The van der Waals surface area contributed by atoms with E-state index in [1.165, 1.54) is 12.1 Å². The molecule has 1 atom stereocenters. The molecule has 2 amide bonds. The second kappa shape index (κ2) is 8.42. The van der Waals surface area contributed by atoms with E-state index >= 15 is 0 Å². The maximum atomic E-state index is 13.4. The lowest BCUT2D eigenvalue weighted by Crippen LogP contribution is -2.35. The summed E-state index contributed by atoms with van der Waals surface area (Å²) in [7, 11) is 0. The van der Waals surface area contributed by atoms with Crippen LogP contribution in [0, 0.1) is 11.7 Å². The third-order valence-corrected chi connectivity index (χ3v) is 4.18. The third kappa shape index (κ3) is 4.56. The normalized spacial score (nSPS) is 16.6. The number of aromatic nitrogens is 1. The lowest BCUT2D eigenvalue weighted by molar-refractivity contribution is -0.129. The van der Waals surface area contributed by atoms with Crippen molar-refractivity contribution in [3.8, 4) is 5.75 Å². The van der Waals surface area contributed by atoms with Crippen molar-refractivity contribution >= 4 is 11.8 Å². The summed E-state index contributed by atoms with van der Waals surface area (Å²) in [6.45, 7) is 1.24.